The van der Waals surface area contributed by atoms with Gasteiger partial charge in [0.1, 0.15) is 6.61 Å². The molecule has 0 unspecified atom stereocenters. The second kappa shape index (κ2) is 15.1. The Bertz CT molecular complexity index is 1050. The second-order valence-corrected chi connectivity index (χ2v) is 10.2. The first-order valence-corrected chi connectivity index (χ1v) is 13.5. The minimum atomic E-state index is -0.570. The zero-order valence-electron chi connectivity index (χ0n) is 22.4. The Labute approximate surface area is 225 Å². The standard InChI is InChI=1S/C31H40N2O5/c1-23(2)28-22-38-31(37)27(19-24-11-5-3-6-12-24)16-10-9-15-26(30(36)32-28)20-29(35)33(17-18-34)21-25-13-7-4-8-14-25/h3-14,23,26-28,34H,15-22H2,1-2H3,(H,32,36)/t26-,27+,28-/m1/s1. The van der Waals surface area contributed by atoms with Crippen molar-refractivity contribution in [1.29, 1.82) is 0 Å². The quantitative estimate of drug-likeness (QED) is 0.386. The summed E-state index contributed by atoms with van der Waals surface area (Å²) in [5, 5.41) is 12.6. The van der Waals surface area contributed by atoms with Crippen molar-refractivity contribution in [2.45, 2.75) is 52.1 Å². The number of hydrogen-bond donors (Lipinski definition) is 2. The van der Waals surface area contributed by atoms with Crippen LogP contribution in [0.3, 0.4) is 0 Å². The molecule has 1 heterocycles. The van der Waals surface area contributed by atoms with Gasteiger partial charge in [-0.05, 0) is 36.3 Å². The highest BCUT2D eigenvalue weighted by molar-refractivity contribution is 5.86. The summed E-state index contributed by atoms with van der Waals surface area (Å²) in [6, 6.07) is 19.1. The van der Waals surface area contributed by atoms with Gasteiger partial charge in [0.15, 0.2) is 0 Å². The summed E-state index contributed by atoms with van der Waals surface area (Å²) >= 11 is 0. The Hall–Kier alpha value is -3.45. The Morgan fingerprint density at radius 3 is 2.18 bits per heavy atom. The molecule has 0 bridgehead atoms. The van der Waals surface area contributed by atoms with Gasteiger partial charge in [0.2, 0.25) is 11.8 Å². The van der Waals surface area contributed by atoms with E-state index in [2.05, 4.69) is 5.32 Å². The number of allylic oxidation sites excluding steroid dienone is 2. The lowest BCUT2D eigenvalue weighted by atomic mass is 9.93. The molecule has 2 aromatic carbocycles. The van der Waals surface area contributed by atoms with Gasteiger partial charge in [0.05, 0.1) is 24.5 Å². The SMILES string of the molecule is CC(C)[C@H]1COC(=O)[C@H](Cc2ccccc2)CC=CC[C@H](CC(=O)N(CCO)Cc2ccccc2)C(=O)N1. The number of aliphatic hydroxyl groups is 1. The third-order valence-corrected chi connectivity index (χ3v) is 6.93. The minimum Gasteiger partial charge on any atom is -0.463 e. The van der Waals surface area contributed by atoms with E-state index in [0.717, 1.165) is 11.1 Å². The molecule has 0 aliphatic carbocycles. The van der Waals surface area contributed by atoms with Crippen molar-refractivity contribution in [2.24, 2.45) is 17.8 Å². The van der Waals surface area contributed by atoms with E-state index < -0.39 is 5.92 Å². The van der Waals surface area contributed by atoms with E-state index in [1.807, 2.05) is 86.7 Å². The van der Waals surface area contributed by atoms with Crippen LogP contribution in [0.4, 0.5) is 0 Å². The fourth-order valence-corrected chi connectivity index (χ4v) is 4.51. The summed E-state index contributed by atoms with van der Waals surface area (Å²) in [5.74, 6) is -1.55. The Morgan fingerprint density at radius 2 is 1.58 bits per heavy atom. The molecule has 1 aliphatic heterocycles. The van der Waals surface area contributed by atoms with E-state index in [1.54, 1.807) is 4.90 Å². The third-order valence-electron chi connectivity index (χ3n) is 6.93. The molecule has 2 N–H and O–H groups in total. The Morgan fingerprint density at radius 1 is 0.974 bits per heavy atom. The van der Waals surface area contributed by atoms with Crippen molar-refractivity contribution in [3.63, 3.8) is 0 Å². The van der Waals surface area contributed by atoms with Crippen LogP contribution in [-0.2, 0) is 32.1 Å². The van der Waals surface area contributed by atoms with Crippen LogP contribution in [0.1, 0.15) is 44.2 Å². The van der Waals surface area contributed by atoms with Crippen LogP contribution in [0.15, 0.2) is 72.8 Å². The molecule has 3 atom stereocenters. The molecule has 7 heteroatoms. The number of nitrogens with zero attached hydrogens (tertiary/aromatic N) is 1. The fraction of sp³-hybridized carbons (Fsp3) is 0.452. The van der Waals surface area contributed by atoms with E-state index >= 15 is 0 Å². The fourth-order valence-electron chi connectivity index (χ4n) is 4.51. The van der Waals surface area contributed by atoms with Crippen LogP contribution in [0.25, 0.3) is 0 Å². The molecule has 0 aromatic heterocycles. The number of amides is 2. The number of benzene rings is 2. The average molecular weight is 521 g/mol. The predicted octanol–water partition coefficient (Wildman–Crippen LogP) is 3.91. The number of ether oxygens (including phenoxy) is 1. The van der Waals surface area contributed by atoms with Gasteiger partial charge in [-0.25, -0.2) is 0 Å². The van der Waals surface area contributed by atoms with Crippen molar-refractivity contribution in [3.8, 4) is 0 Å². The maximum absolute atomic E-state index is 13.3. The van der Waals surface area contributed by atoms with Gasteiger partial charge in [0.25, 0.3) is 0 Å². The van der Waals surface area contributed by atoms with E-state index in [1.165, 1.54) is 0 Å². The lowest BCUT2D eigenvalue weighted by Crippen LogP contribution is -2.46. The predicted molar refractivity (Wildman–Crippen MR) is 147 cm³/mol. The molecule has 3 rings (SSSR count). The van der Waals surface area contributed by atoms with Crippen LogP contribution in [0.5, 0.6) is 0 Å². The molecule has 2 amide bonds. The highest BCUT2D eigenvalue weighted by Gasteiger charge is 2.29. The Balaban J connectivity index is 1.76. The maximum Gasteiger partial charge on any atom is 0.309 e. The number of carbonyl (C=O) groups excluding carboxylic acids is 3. The van der Waals surface area contributed by atoms with Gasteiger partial charge in [-0.15, -0.1) is 0 Å². The summed E-state index contributed by atoms with van der Waals surface area (Å²) < 4.78 is 5.68. The van der Waals surface area contributed by atoms with Crippen molar-refractivity contribution >= 4 is 17.8 Å². The average Bonchev–Trinajstić information content (AvgIpc) is 2.91. The van der Waals surface area contributed by atoms with Crippen molar-refractivity contribution in [3.05, 3.63) is 83.9 Å². The van der Waals surface area contributed by atoms with Gasteiger partial charge in [0, 0.05) is 19.5 Å². The van der Waals surface area contributed by atoms with E-state index in [4.69, 9.17) is 4.74 Å². The minimum absolute atomic E-state index is 0.0288. The number of nitrogens with one attached hydrogen (secondary N) is 1. The van der Waals surface area contributed by atoms with Gasteiger partial charge >= 0.3 is 5.97 Å². The summed E-state index contributed by atoms with van der Waals surface area (Å²) in [6.07, 6.45) is 5.28. The highest BCUT2D eigenvalue weighted by atomic mass is 16.5. The lowest BCUT2D eigenvalue weighted by Gasteiger charge is -2.28. The summed E-state index contributed by atoms with van der Waals surface area (Å²) in [4.78, 5) is 41.1. The monoisotopic (exact) mass is 520 g/mol. The number of aliphatic hydroxyl groups excluding tert-OH is 1. The molecule has 0 radical (unpaired) electrons. The molecule has 0 spiro atoms. The summed E-state index contributed by atoms with van der Waals surface area (Å²) in [6.45, 7) is 4.44. The van der Waals surface area contributed by atoms with Crippen LogP contribution >= 0.6 is 0 Å². The number of hydrogen-bond acceptors (Lipinski definition) is 5. The van der Waals surface area contributed by atoms with Crippen molar-refractivity contribution < 1.29 is 24.2 Å². The molecule has 1 aliphatic rings. The zero-order valence-corrected chi connectivity index (χ0v) is 22.4. The largest absolute Gasteiger partial charge is 0.463 e. The summed E-state index contributed by atoms with van der Waals surface area (Å²) in [5.41, 5.74) is 2.03. The van der Waals surface area contributed by atoms with E-state index in [-0.39, 0.29) is 61.8 Å². The Kier molecular flexibility index (Phi) is 11.6. The molecule has 0 saturated carbocycles. The van der Waals surface area contributed by atoms with Crippen LogP contribution in [0.2, 0.25) is 0 Å². The van der Waals surface area contributed by atoms with E-state index in [9.17, 15) is 19.5 Å². The molecule has 204 valence electrons. The first kappa shape index (κ1) is 29.1. The molecule has 0 saturated heterocycles. The van der Waals surface area contributed by atoms with Gasteiger partial charge in [-0.3, -0.25) is 14.4 Å². The van der Waals surface area contributed by atoms with Crippen molar-refractivity contribution in [1.82, 2.24) is 10.2 Å². The molecule has 2 aromatic rings. The maximum atomic E-state index is 13.3. The zero-order chi connectivity index (χ0) is 27.3. The molecular formula is C31H40N2O5. The first-order valence-electron chi connectivity index (χ1n) is 13.5. The number of esters is 1. The molecular weight excluding hydrogens is 480 g/mol. The van der Waals surface area contributed by atoms with Gasteiger partial charge in [-0.1, -0.05) is 86.7 Å². The van der Waals surface area contributed by atoms with E-state index in [0.29, 0.717) is 25.8 Å². The third kappa shape index (κ3) is 9.14. The van der Waals surface area contributed by atoms with Crippen LogP contribution < -0.4 is 5.32 Å². The first-order chi connectivity index (χ1) is 18.4. The van der Waals surface area contributed by atoms with Crippen LogP contribution in [-0.4, -0.2) is 53.6 Å². The molecule has 38 heavy (non-hydrogen) atoms. The normalized spacial score (nSPS) is 20.7. The smallest absolute Gasteiger partial charge is 0.309 e. The number of cyclic esters (lactones) is 1. The molecule has 7 nitrogen and oxygen atoms in total. The van der Waals surface area contributed by atoms with Gasteiger partial charge < -0.3 is 20.1 Å². The lowest BCUT2D eigenvalue weighted by molar-refractivity contribution is -0.150. The van der Waals surface area contributed by atoms with Gasteiger partial charge in [-0.2, -0.15) is 0 Å². The number of carbonyl (C=O) groups is 3. The van der Waals surface area contributed by atoms with Crippen molar-refractivity contribution in [2.75, 3.05) is 19.8 Å². The molecule has 0 fully saturated rings. The second-order valence-electron chi connectivity index (χ2n) is 10.2. The number of rotatable bonds is 9. The highest BCUT2D eigenvalue weighted by Crippen LogP contribution is 2.20. The van der Waals surface area contributed by atoms with Crippen LogP contribution in [0, 0.1) is 17.8 Å². The summed E-state index contributed by atoms with van der Waals surface area (Å²) in [7, 11) is 0. The topological polar surface area (TPSA) is 95.9 Å².